The lowest BCUT2D eigenvalue weighted by Gasteiger charge is -2.37. The fourth-order valence-electron chi connectivity index (χ4n) is 4.88. The number of piperazine rings is 1. The van der Waals surface area contributed by atoms with Crippen LogP contribution in [0.15, 0.2) is 67.4 Å². The molecule has 8 heteroatoms. The maximum Gasteiger partial charge on any atom is 0.264 e. The fourth-order valence-corrected chi connectivity index (χ4v) is 4.88. The minimum atomic E-state index is -2.79. The first-order valence-electron chi connectivity index (χ1n) is 11.8. The van der Waals surface area contributed by atoms with Crippen molar-refractivity contribution in [2.45, 2.75) is 25.2 Å². The third-order valence-corrected chi connectivity index (χ3v) is 6.74. The first kappa shape index (κ1) is 22.7. The first-order chi connectivity index (χ1) is 16.5. The smallest absolute Gasteiger partial charge is 0.264 e. The molecule has 1 aliphatic heterocycles. The van der Waals surface area contributed by atoms with E-state index in [1.54, 1.807) is 23.4 Å². The predicted octanol–water partition coefficient (Wildman–Crippen LogP) is 4.35. The van der Waals surface area contributed by atoms with E-state index in [1.807, 2.05) is 29.2 Å². The number of benzene rings is 2. The number of hydrogen-bond acceptors (Lipinski definition) is 4. The van der Waals surface area contributed by atoms with E-state index in [4.69, 9.17) is 0 Å². The van der Waals surface area contributed by atoms with Gasteiger partial charge in [0.05, 0.1) is 12.2 Å². The third-order valence-electron chi connectivity index (χ3n) is 6.74. The molecule has 0 radical (unpaired) electrons. The topological polar surface area (TPSA) is 53.0 Å². The molecule has 1 saturated heterocycles. The summed E-state index contributed by atoms with van der Waals surface area (Å²) in [6.07, 6.45) is 4.66. The Morgan fingerprint density at radius 3 is 2.41 bits per heavy atom. The molecule has 1 N–H and O–H groups in total. The van der Waals surface area contributed by atoms with Crippen LogP contribution in [0.25, 0.3) is 16.6 Å². The van der Waals surface area contributed by atoms with Gasteiger partial charge in [0, 0.05) is 56.2 Å². The van der Waals surface area contributed by atoms with E-state index in [2.05, 4.69) is 51.3 Å². The van der Waals surface area contributed by atoms with Gasteiger partial charge in [-0.2, -0.15) is 0 Å². The summed E-state index contributed by atoms with van der Waals surface area (Å²) in [5, 5.41) is 8.46. The number of fused-ring (bicyclic) bond motifs is 1. The fraction of sp³-hybridized carbons (Fsp3) is 0.385. The van der Waals surface area contributed by atoms with Crippen molar-refractivity contribution in [2.75, 3.05) is 39.3 Å². The maximum atomic E-state index is 15.0. The summed E-state index contributed by atoms with van der Waals surface area (Å²) in [6.45, 7) is 5.98. The van der Waals surface area contributed by atoms with Crippen LogP contribution in [0, 0.1) is 0 Å². The molecule has 6 nitrogen and oxygen atoms in total. The van der Waals surface area contributed by atoms with Crippen molar-refractivity contribution < 1.29 is 8.78 Å². The Balaban J connectivity index is 1.16. The highest BCUT2D eigenvalue weighted by molar-refractivity contribution is 5.85. The zero-order valence-electron chi connectivity index (χ0n) is 19.4. The summed E-state index contributed by atoms with van der Waals surface area (Å²) in [4.78, 5) is 7.44. The van der Waals surface area contributed by atoms with E-state index in [-0.39, 0.29) is 13.0 Å². The first-order valence-corrected chi connectivity index (χ1v) is 11.8. The van der Waals surface area contributed by atoms with Crippen molar-refractivity contribution in [3.05, 3.63) is 78.5 Å². The number of rotatable bonds is 8. The standard InChI is InChI=1S/C26H30F2N6/c1-20(21-5-3-2-4-6-21)16-32-9-11-33(12-10-32)17-26(27,28)14-22-15-29-25-13-23(7-8-24(22)25)34-18-30-31-19-34/h2-8,13,15,18-20,29H,9-12,14,16-17H2,1H3. The van der Waals surface area contributed by atoms with E-state index in [0.29, 0.717) is 24.6 Å². The number of alkyl halides is 2. The number of aromatic amines is 1. The highest BCUT2D eigenvalue weighted by Crippen LogP contribution is 2.28. The van der Waals surface area contributed by atoms with Crippen molar-refractivity contribution in [1.29, 1.82) is 0 Å². The molecule has 1 fully saturated rings. The Morgan fingerprint density at radius 1 is 0.971 bits per heavy atom. The van der Waals surface area contributed by atoms with Gasteiger partial charge in [0.15, 0.2) is 0 Å². The van der Waals surface area contributed by atoms with Crippen LogP contribution in [0.2, 0.25) is 0 Å². The number of hydrogen-bond donors (Lipinski definition) is 1. The van der Waals surface area contributed by atoms with Crippen LogP contribution in [-0.2, 0) is 6.42 Å². The molecule has 5 rings (SSSR count). The molecule has 0 spiro atoms. The molecular formula is C26H30F2N6. The maximum absolute atomic E-state index is 15.0. The average molecular weight is 465 g/mol. The van der Waals surface area contributed by atoms with Crippen molar-refractivity contribution in [1.82, 2.24) is 29.5 Å². The van der Waals surface area contributed by atoms with Crippen LogP contribution in [0.4, 0.5) is 8.78 Å². The summed E-state index contributed by atoms with van der Waals surface area (Å²) in [6, 6.07) is 16.2. The molecule has 0 saturated carbocycles. The van der Waals surface area contributed by atoms with Crippen molar-refractivity contribution in [3.63, 3.8) is 0 Å². The van der Waals surface area contributed by atoms with E-state index < -0.39 is 5.92 Å². The number of halogens is 2. The largest absolute Gasteiger partial charge is 0.361 e. The molecule has 1 aliphatic rings. The lowest BCUT2D eigenvalue weighted by atomic mass is 10.0. The molecule has 0 amide bonds. The normalized spacial score (nSPS) is 16.8. The van der Waals surface area contributed by atoms with Gasteiger partial charge in [0.1, 0.15) is 12.7 Å². The third kappa shape index (κ3) is 5.18. The van der Waals surface area contributed by atoms with Crippen LogP contribution in [-0.4, -0.2) is 74.7 Å². The molecule has 0 aliphatic carbocycles. The Bertz CT molecular complexity index is 1200. The van der Waals surface area contributed by atoms with Gasteiger partial charge in [-0.15, -0.1) is 10.2 Å². The van der Waals surface area contributed by atoms with Crippen LogP contribution in [0.1, 0.15) is 24.0 Å². The molecule has 178 valence electrons. The lowest BCUT2D eigenvalue weighted by Crippen LogP contribution is -2.50. The van der Waals surface area contributed by atoms with Gasteiger partial charge in [0.2, 0.25) is 0 Å². The van der Waals surface area contributed by atoms with Crippen LogP contribution in [0.3, 0.4) is 0 Å². The summed E-state index contributed by atoms with van der Waals surface area (Å²) in [5.74, 6) is -2.36. The molecule has 2 aromatic heterocycles. The molecule has 3 heterocycles. The second-order valence-corrected chi connectivity index (χ2v) is 9.33. The minimum absolute atomic E-state index is 0.208. The van der Waals surface area contributed by atoms with E-state index in [1.165, 1.54) is 5.56 Å². The van der Waals surface area contributed by atoms with E-state index in [0.717, 1.165) is 36.2 Å². The highest BCUT2D eigenvalue weighted by atomic mass is 19.3. The van der Waals surface area contributed by atoms with Gasteiger partial charge in [0.25, 0.3) is 5.92 Å². The minimum Gasteiger partial charge on any atom is -0.361 e. The van der Waals surface area contributed by atoms with Crippen molar-refractivity contribution in [2.24, 2.45) is 0 Å². The van der Waals surface area contributed by atoms with Gasteiger partial charge in [-0.05, 0) is 29.2 Å². The van der Waals surface area contributed by atoms with Crippen LogP contribution in [0.5, 0.6) is 0 Å². The van der Waals surface area contributed by atoms with Gasteiger partial charge >= 0.3 is 0 Å². The van der Waals surface area contributed by atoms with Gasteiger partial charge in [-0.25, -0.2) is 8.78 Å². The van der Waals surface area contributed by atoms with E-state index in [9.17, 15) is 0 Å². The predicted molar refractivity (Wildman–Crippen MR) is 130 cm³/mol. The Morgan fingerprint density at radius 2 is 1.68 bits per heavy atom. The number of H-pyrrole nitrogens is 1. The Labute approximate surface area is 198 Å². The molecule has 34 heavy (non-hydrogen) atoms. The Hall–Kier alpha value is -3.10. The molecular weight excluding hydrogens is 434 g/mol. The van der Waals surface area contributed by atoms with Crippen LogP contribution < -0.4 is 0 Å². The summed E-state index contributed by atoms with van der Waals surface area (Å²) >= 11 is 0. The molecule has 2 aromatic carbocycles. The summed E-state index contributed by atoms with van der Waals surface area (Å²) in [7, 11) is 0. The molecule has 1 atom stereocenters. The van der Waals surface area contributed by atoms with Crippen LogP contribution >= 0.6 is 0 Å². The van der Waals surface area contributed by atoms with Gasteiger partial charge < -0.3 is 9.88 Å². The second-order valence-electron chi connectivity index (χ2n) is 9.33. The Kier molecular flexibility index (Phi) is 6.43. The average Bonchev–Trinajstić information content (AvgIpc) is 3.51. The molecule has 4 aromatic rings. The number of aromatic nitrogens is 4. The molecule has 1 unspecified atom stereocenters. The second kappa shape index (κ2) is 9.64. The zero-order chi connectivity index (χ0) is 23.5. The van der Waals surface area contributed by atoms with Crippen molar-refractivity contribution in [3.8, 4) is 5.69 Å². The van der Waals surface area contributed by atoms with E-state index >= 15 is 8.78 Å². The van der Waals surface area contributed by atoms with Gasteiger partial charge in [-0.1, -0.05) is 43.3 Å². The monoisotopic (exact) mass is 464 g/mol. The van der Waals surface area contributed by atoms with Gasteiger partial charge in [-0.3, -0.25) is 9.47 Å². The molecule has 0 bridgehead atoms. The number of nitrogens with one attached hydrogen (secondary N) is 1. The number of nitrogens with zero attached hydrogens (tertiary/aromatic N) is 5. The highest BCUT2D eigenvalue weighted by Gasteiger charge is 2.34. The van der Waals surface area contributed by atoms with Crippen molar-refractivity contribution >= 4 is 10.9 Å². The summed E-state index contributed by atoms with van der Waals surface area (Å²) < 4.78 is 31.9. The lowest BCUT2D eigenvalue weighted by molar-refractivity contribution is -0.0411. The zero-order valence-corrected chi connectivity index (χ0v) is 19.4. The SMILES string of the molecule is CC(CN1CCN(CC(F)(F)Cc2c[nH]c3cc(-n4cnnc4)ccc23)CC1)c1ccccc1. The summed E-state index contributed by atoms with van der Waals surface area (Å²) in [5.41, 5.74) is 3.69. The quantitative estimate of drug-likeness (QED) is 0.421.